The van der Waals surface area contributed by atoms with E-state index in [4.69, 9.17) is 13.9 Å². The molecule has 0 N–H and O–H groups in total. The van der Waals surface area contributed by atoms with Gasteiger partial charge in [-0.2, -0.15) is 11.8 Å². The Labute approximate surface area is 130 Å². The van der Waals surface area contributed by atoms with Crippen LogP contribution in [-0.2, 0) is 28.3 Å². The highest BCUT2D eigenvalue weighted by molar-refractivity contribution is 7.98. The average molecular weight is 325 g/mol. The summed E-state index contributed by atoms with van der Waals surface area (Å²) in [5.74, 6) is 2.24. The zero-order valence-corrected chi connectivity index (χ0v) is 13.4. The van der Waals surface area contributed by atoms with E-state index in [0.29, 0.717) is 11.6 Å². The Morgan fingerprint density at radius 2 is 2.33 bits per heavy atom. The van der Waals surface area contributed by atoms with E-state index in [1.54, 1.807) is 18.4 Å². The predicted molar refractivity (Wildman–Crippen MR) is 81.7 cm³/mol. The minimum Gasteiger partial charge on any atom is -0.463 e. The molecule has 1 aliphatic heterocycles. The lowest BCUT2D eigenvalue weighted by Gasteiger charge is -2.08. The van der Waals surface area contributed by atoms with Crippen LogP contribution in [0.5, 0.6) is 0 Å². The van der Waals surface area contributed by atoms with Crippen LogP contribution >= 0.6 is 23.1 Å². The fourth-order valence-electron chi connectivity index (χ4n) is 2.20. The van der Waals surface area contributed by atoms with Crippen LogP contribution in [0.25, 0.3) is 10.8 Å². The second kappa shape index (κ2) is 6.21. The topological polar surface area (TPSA) is 61.6 Å². The molecular formula is C14H15NO4S2. The van der Waals surface area contributed by atoms with Crippen molar-refractivity contribution in [3.63, 3.8) is 0 Å². The van der Waals surface area contributed by atoms with Crippen molar-refractivity contribution in [2.45, 2.75) is 18.8 Å². The van der Waals surface area contributed by atoms with E-state index in [0.717, 1.165) is 22.8 Å². The van der Waals surface area contributed by atoms with Gasteiger partial charge in [-0.1, -0.05) is 0 Å². The Kier molecular flexibility index (Phi) is 4.32. The molecule has 1 aliphatic rings. The number of hydrogen-bond acceptors (Lipinski definition) is 7. The summed E-state index contributed by atoms with van der Waals surface area (Å²) in [6, 6.07) is 2.11. The normalized spacial score (nSPS) is 14.0. The van der Waals surface area contributed by atoms with Crippen LogP contribution in [0, 0.1) is 0 Å². The Morgan fingerprint density at radius 3 is 3.05 bits per heavy atom. The van der Waals surface area contributed by atoms with E-state index in [1.807, 2.05) is 11.8 Å². The summed E-state index contributed by atoms with van der Waals surface area (Å²) in [5, 5.41) is 0. The van der Waals surface area contributed by atoms with Gasteiger partial charge in [-0.3, -0.25) is 0 Å². The number of fused-ring (bicyclic) bond motifs is 1. The van der Waals surface area contributed by atoms with Gasteiger partial charge in [0.05, 0.1) is 18.6 Å². The summed E-state index contributed by atoms with van der Waals surface area (Å²) in [6.45, 7) is 0.217. The molecule has 112 valence electrons. The van der Waals surface area contributed by atoms with Crippen molar-refractivity contribution in [2.75, 3.05) is 20.0 Å². The van der Waals surface area contributed by atoms with E-state index in [1.165, 1.54) is 17.6 Å². The molecule has 0 fully saturated rings. The van der Waals surface area contributed by atoms with E-state index < -0.39 is 5.97 Å². The number of hydrogen-bond donors (Lipinski definition) is 0. The monoisotopic (exact) mass is 325 g/mol. The zero-order valence-electron chi connectivity index (χ0n) is 11.8. The minimum absolute atomic E-state index is 0.120. The van der Waals surface area contributed by atoms with Crippen molar-refractivity contribution in [2.24, 2.45) is 0 Å². The molecule has 21 heavy (non-hydrogen) atoms. The maximum Gasteiger partial charge on any atom is 0.376 e. The smallest absolute Gasteiger partial charge is 0.376 e. The number of aromatic nitrogens is 1. The first-order chi connectivity index (χ1) is 10.2. The molecular weight excluding hydrogens is 310 g/mol. The Hall–Kier alpha value is -1.31. The number of oxazole rings is 1. The van der Waals surface area contributed by atoms with Crippen molar-refractivity contribution in [1.82, 2.24) is 4.98 Å². The number of nitrogens with zero attached hydrogens (tertiary/aromatic N) is 1. The fraction of sp³-hybridized carbons (Fsp3) is 0.429. The molecule has 0 aliphatic carbocycles. The summed E-state index contributed by atoms with van der Waals surface area (Å²) < 4.78 is 15.4. The van der Waals surface area contributed by atoms with Crippen molar-refractivity contribution in [3.05, 3.63) is 28.0 Å². The third-order valence-corrected chi connectivity index (χ3v) is 5.42. The van der Waals surface area contributed by atoms with Crippen LogP contribution in [-0.4, -0.2) is 30.9 Å². The van der Waals surface area contributed by atoms with Crippen LogP contribution in [0.3, 0.4) is 0 Å². The van der Waals surface area contributed by atoms with Crippen LogP contribution in [0.1, 0.15) is 26.7 Å². The Morgan fingerprint density at radius 1 is 1.48 bits per heavy atom. The molecule has 5 nitrogen and oxygen atoms in total. The Balaban J connectivity index is 1.98. The maximum absolute atomic E-state index is 11.7. The molecule has 3 heterocycles. The van der Waals surface area contributed by atoms with Crippen molar-refractivity contribution in [1.29, 1.82) is 0 Å². The van der Waals surface area contributed by atoms with Gasteiger partial charge in [0, 0.05) is 17.7 Å². The molecule has 0 aromatic carbocycles. The third kappa shape index (κ3) is 2.86. The van der Waals surface area contributed by atoms with Crippen molar-refractivity contribution in [3.8, 4) is 10.8 Å². The first kappa shape index (κ1) is 14.6. The minimum atomic E-state index is -0.530. The molecule has 3 rings (SSSR count). The lowest BCUT2D eigenvalue weighted by molar-refractivity contribution is 0.0559. The number of ether oxygens (including phenoxy) is 2. The van der Waals surface area contributed by atoms with Gasteiger partial charge in [0.1, 0.15) is 5.69 Å². The first-order valence-corrected chi connectivity index (χ1v) is 8.46. The number of esters is 1. The number of thiophene rings is 1. The summed E-state index contributed by atoms with van der Waals surface area (Å²) in [4.78, 5) is 18.5. The van der Waals surface area contributed by atoms with Gasteiger partial charge in [-0.25, -0.2) is 9.78 Å². The third-order valence-electron chi connectivity index (χ3n) is 3.19. The van der Waals surface area contributed by atoms with Gasteiger partial charge >= 0.3 is 5.97 Å². The number of methoxy groups -OCH3 is 2. The summed E-state index contributed by atoms with van der Waals surface area (Å²) in [7, 11) is 2.87. The second-order valence-electron chi connectivity index (χ2n) is 4.58. The van der Waals surface area contributed by atoms with E-state index in [-0.39, 0.29) is 12.4 Å². The van der Waals surface area contributed by atoms with E-state index in [2.05, 4.69) is 11.1 Å². The molecule has 7 heteroatoms. The molecule has 0 bridgehead atoms. The van der Waals surface area contributed by atoms with Crippen LogP contribution < -0.4 is 0 Å². The molecule has 0 amide bonds. The number of carbonyl (C=O) groups is 1. The lowest BCUT2D eigenvalue weighted by atomic mass is 10.2. The van der Waals surface area contributed by atoms with Crippen LogP contribution in [0.2, 0.25) is 0 Å². The van der Waals surface area contributed by atoms with E-state index in [9.17, 15) is 4.79 Å². The Bertz CT molecular complexity index is 638. The summed E-state index contributed by atoms with van der Waals surface area (Å²) >= 11 is 3.62. The summed E-state index contributed by atoms with van der Waals surface area (Å²) in [5.41, 5.74) is 1.82. The predicted octanol–water partition coefficient (Wildman–Crippen LogP) is 3.13. The SMILES string of the molecule is COCc1nc(-c2cc3c(s2)CCSC3)oc1C(=O)OC. The molecule has 0 unspecified atom stereocenters. The highest BCUT2D eigenvalue weighted by Crippen LogP contribution is 2.37. The number of thioether (sulfide) groups is 1. The fourth-order valence-corrected chi connectivity index (χ4v) is 4.49. The lowest BCUT2D eigenvalue weighted by Crippen LogP contribution is -2.04. The van der Waals surface area contributed by atoms with Crippen LogP contribution in [0.4, 0.5) is 0 Å². The molecule has 0 atom stereocenters. The molecule has 2 aromatic rings. The van der Waals surface area contributed by atoms with Gasteiger partial charge in [-0.05, 0) is 23.8 Å². The highest BCUT2D eigenvalue weighted by Gasteiger charge is 2.24. The number of rotatable bonds is 4. The molecule has 2 aromatic heterocycles. The zero-order chi connectivity index (χ0) is 14.8. The van der Waals surface area contributed by atoms with Gasteiger partial charge < -0.3 is 13.9 Å². The van der Waals surface area contributed by atoms with Gasteiger partial charge in [0.25, 0.3) is 0 Å². The van der Waals surface area contributed by atoms with Gasteiger partial charge in [0.15, 0.2) is 0 Å². The molecule has 0 spiro atoms. The van der Waals surface area contributed by atoms with Crippen molar-refractivity contribution < 1.29 is 18.7 Å². The van der Waals surface area contributed by atoms with E-state index >= 15 is 0 Å². The highest BCUT2D eigenvalue weighted by atomic mass is 32.2. The standard InChI is InChI=1S/C14H15NO4S2/c1-17-6-9-12(14(16)18-2)19-13(15-9)11-5-8-7-20-4-3-10(8)21-11/h5H,3-4,6-7H2,1-2H3. The van der Waals surface area contributed by atoms with Gasteiger partial charge in [0.2, 0.25) is 11.7 Å². The average Bonchev–Trinajstić information content (AvgIpc) is 3.10. The quantitative estimate of drug-likeness (QED) is 0.805. The van der Waals surface area contributed by atoms with Gasteiger partial charge in [-0.15, -0.1) is 11.3 Å². The second-order valence-corrected chi connectivity index (χ2v) is 6.82. The largest absolute Gasteiger partial charge is 0.463 e. The maximum atomic E-state index is 11.7. The summed E-state index contributed by atoms with van der Waals surface area (Å²) in [6.07, 6.45) is 1.08. The number of aryl methyl sites for hydroxylation is 1. The number of carbonyl (C=O) groups excluding carboxylic acids is 1. The first-order valence-electron chi connectivity index (χ1n) is 6.49. The molecule has 0 saturated carbocycles. The van der Waals surface area contributed by atoms with Crippen LogP contribution in [0.15, 0.2) is 10.5 Å². The molecule has 0 saturated heterocycles. The van der Waals surface area contributed by atoms with Crippen molar-refractivity contribution >= 4 is 29.1 Å². The molecule has 0 radical (unpaired) electrons.